The van der Waals surface area contributed by atoms with Crippen LogP contribution in [0.15, 0.2) is 24.3 Å². The van der Waals surface area contributed by atoms with Crippen LogP contribution in [0.5, 0.6) is 0 Å². The van der Waals surface area contributed by atoms with Crippen LogP contribution in [0.3, 0.4) is 0 Å². The molecule has 0 nitrogen and oxygen atoms in total. The Hall–Kier alpha value is -0.990. The van der Waals surface area contributed by atoms with Crippen LogP contribution in [0.25, 0.3) is 0 Å². The van der Waals surface area contributed by atoms with E-state index < -0.39 is 19.0 Å². The van der Waals surface area contributed by atoms with E-state index in [1.807, 2.05) is 0 Å². The van der Waals surface area contributed by atoms with Gasteiger partial charge in [-0.05, 0) is 11.6 Å². The molecule has 3 heteroatoms. The predicted molar refractivity (Wildman–Crippen MR) is 40.0 cm³/mol. The number of alkyl halides is 3. The van der Waals surface area contributed by atoms with E-state index in [2.05, 4.69) is 6.07 Å². The molecule has 0 N–H and O–H groups in total. The van der Waals surface area contributed by atoms with Gasteiger partial charge in [-0.15, -0.1) is 0 Å². The Morgan fingerprint density at radius 1 is 1.25 bits per heavy atom. The van der Waals surface area contributed by atoms with Crippen LogP contribution in [0.4, 0.5) is 13.2 Å². The smallest absolute Gasteiger partial charge is 0.163 e. The van der Waals surface area contributed by atoms with Crippen molar-refractivity contribution >= 4 is 0 Å². The Balaban J connectivity index is 2.71. The van der Waals surface area contributed by atoms with Crippen LogP contribution < -0.4 is 0 Å². The number of halogens is 3. The first-order valence-electron chi connectivity index (χ1n) is 3.56. The van der Waals surface area contributed by atoms with Crippen molar-refractivity contribution in [1.29, 1.82) is 0 Å². The van der Waals surface area contributed by atoms with Crippen LogP contribution >= 0.6 is 0 Å². The molecule has 0 aliphatic carbocycles. The maximum absolute atomic E-state index is 12.9. The Bertz CT molecular complexity index is 222. The third kappa shape index (κ3) is 2.00. The van der Waals surface area contributed by atoms with Gasteiger partial charge in [0.15, 0.2) is 12.3 Å². The number of benzene rings is 1. The van der Waals surface area contributed by atoms with Crippen LogP contribution in [0.1, 0.15) is 11.7 Å². The van der Waals surface area contributed by atoms with Crippen LogP contribution in [0.2, 0.25) is 0 Å². The first-order valence-corrected chi connectivity index (χ1v) is 3.56. The van der Waals surface area contributed by atoms with Gasteiger partial charge in [0.25, 0.3) is 0 Å². The summed E-state index contributed by atoms with van der Waals surface area (Å²) in [5.74, 6) is 0. The van der Waals surface area contributed by atoms with Gasteiger partial charge >= 0.3 is 0 Å². The Morgan fingerprint density at radius 2 is 1.83 bits per heavy atom. The molecule has 65 valence electrons. The van der Waals surface area contributed by atoms with E-state index in [1.54, 1.807) is 0 Å². The highest BCUT2D eigenvalue weighted by molar-refractivity contribution is 5.17. The highest BCUT2D eigenvalue weighted by Gasteiger charge is 2.21. The van der Waals surface area contributed by atoms with Gasteiger partial charge in [0.05, 0.1) is 0 Å². The predicted octanol–water partition coefficient (Wildman–Crippen LogP) is 2.80. The first-order chi connectivity index (χ1) is 5.75. The van der Waals surface area contributed by atoms with Gasteiger partial charge in [-0.3, -0.25) is 0 Å². The van der Waals surface area contributed by atoms with E-state index in [9.17, 15) is 13.2 Å². The van der Waals surface area contributed by atoms with Crippen molar-refractivity contribution in [2.45, 2.75) is 12.3 Å². The molecular weight excluding hydrogens is 165 g/mol. The van der Waals surface area contributed by atoms with Crippen molar-refractivity contribution in [1.82, 2.24) is 0 Å². The van der Waals surface area contributed by atoms with Gasteiger partial charge < -0.3 is 0 Å². The summed E-state index contributed by atoms with van der Waals surface area (Å²) in [4.78, 5) is 0. The van der Waals surface area contributed by atoms with Crippen molar-refractivity contribution in [2.75, 3.05) is 6.67 Å². The number of hydrogen-bond donors (Lipinski definition) is 0. The van der Waals surface area contributed by atoms with Crippen molar-refractivity contribution in [3.63, 3.8) is 0 Å². The molecule has 0 amide bonds. The van der Waals surface area contributed by atoms with E-state index in [-0.39, 0.29) is 5.56 Å². The molecule has 0 spiro atoms. The summed E-state index contributed by atoms with van der Waals surface area (Å²) in [6.45, 7) is -1.29. The van der Waals surface area contributed by atoms with E-state index in [1.165, 1.54) is 24.3 Å². The summed E-state index contributed by atoms with van der Waals surface area (Å²) in [6.07, 6.45) is -3.93. The maximum atomic E-state index is 12.9. The Kier molecular flexibility index (Phi) is 3.14. The van der Waals surface area contributed by atoms with E-state index >= 15 is 0 Å². The molecule has 0 heterocycles. The average Bonchev–Trinajstić information content (AvgIpc) is 2.17. The molecule has 1 rings (SSSR count). The summed E-state index contributed by atoms with van der Waals surface area (Å²) in [7, 11) is 0. The lowest BCUT2D eigenvalue weighted by atomic mass is 10.1. The quantitative estimate of drug-likeness (QED) is 0.659. The van der Waals surface area contributed by atoms with Crippen molar-refractivity contribution in [3.05, 3.63) is 35.9 Å². The van der Waals surface area contributed by atoms with Gasteiger partial charge in [-0.2, -0.15) is 0 Å². The molecule has 0 aliphatic heterocycles. The molecule has 0 aliphatic rings. The molecule has 2 atom stereocenters. The van der Waals surface area contributed by atoms with Gasteiger partial charge in [0.1, 0.15) is 6.67 Å². The molecule has 0 bridgehead atoms. The summed E-state index contributed by atoms with van der Waals surface area (Å²) in [5, 5.41) is 0. The summed E-state index contributed by atoms with van der Waals surface area (Å²) < 4.78 is 37.1. The molecule has 2 unspecified atom stereocenters. The zero-order valence-electron chi connectivity index (χ0n) is 6.31. The minimum atomic E-state index is -2.06. The lowest BCUT2D eigenvalue weighted by molar-refractivity contribution is 0.138. The van der Waals surface area contributed by atoms with Crippen molar-refractivity contribution in [2.24, 2.45) is 0 Å². The number of hydrogen-bond acceptors (Lipinski definition) is 0. The first kappa shape index (κ1) is 9.10. The SMILES string of the molecule is FCC(F)C(F)c1cc[c]cc1. The molecule has 1 aromatic carbocycles. The molecular formula is C9H8F3. The highest BCUT2D eigenvalue weighted by Crippen LogP contribution is 2.23. The standard InChI is InChI=1S/C9H8F3/c10-6-8(11)9(12)7-4-2-1-3-5-7/h2-5,8-9H,6H2. The van der Waals surface area contributed by atoms with Crippen LogP contribution in [0, 0.1) is 6.07 Å². The van der Waals surface area contributed by atoms with Gasteiger partial charge in [0.2, 0.25) is 0 Å². The fourth-order valence-electron chi connectivity index (χ4n) is 0.871. The van der Waals surface area contributed by atoms with E-state index in [4.69, 9.17) is 0 Å². The van der Waals surface area contributed by atoms with E-state index in [0.717, 1.165) is 0 Å². The highest BCUT2D eigenvalue weighted by atomic mass is 19.2. The second-order valence-corrected chi connectivity index (χ2v) is 2.41. The minimum absolute atomic E-state index is 0.152. The van der Waals surface area contributed by atoms with Crippen molar-refractivity contribution in [3.8, 4) is 0 Å². The summed E-state index contributed by atoms with van der Waals surface area (Å²) in [6, 6.07) is 8.36. The molecule has 12 heavy (non-hydrogen) atoms. The molecule has 0 fully saturated rings. The molecule has 0 saturated carbocycles. The zero-order valence-corrected chi connectivity index (χ0v) is 6.31. The molecule has 1 radical (unpaired) electrons. The normalized spacial score (nSPS) is 15.6. The van der Waals surface area contributed by atoms with Crippen molar-refractivity contribution < 1.29 is 13.2 Å². The lowest BCUT2D eigenvalue weighted by Gasteiger charge is -2.09. The van der Waals surface area contributed by atoms with Crippen LogP contribution in [-0.4, -0.2) is 12.8 Å². The van der Waals surface area contributed by atoms with Gasteiger partial charge in [-0.25, -0.2) is 13.2 Å². The second kappa shape index (κ2) is 4.14. The number of rotatable bonds is 3. The van der Waals surface area contributed by atoms with Crippen LogP contribution in [-0.2, 0) is 0 Å². The van der Waals surface area contributed by atoms with Gasteiger partial charge in [0, 0.05) is 0 Å². The largest absolute Gasteiger partial charge is 0.248 e. The average molecular weight is 173 g/mol. The van der Waals surface area contributed by atoms with Gasteiger partial charge in [-0.1, -0.05) is 24.3 Å². The second-order valence-electron chi connectivity index (χ2n) is 2.41. The van der Waals surface area contributed by atoms with E-state index in [0.29, 0.717) is 0 Å². The fraction of sp³-hybridized carbons (Fsp3) is 0.333. The topological polar surface area (TPSA) is 0 Å². The zero-order chi connectivity index (χ0) is 8.97. The third-order valence-corrected chi connectivity index (χ3v) is 1.53. The summed E-state index contributed by atoms with van der Waals surface area (Å²) >= 11 is 0. The fourth-order valence-corrected chi connectivity index (χ4v) is 0.871. The summed E-state index contributed by atoms with van der Waals surface area (Å²) in [5.41, 5.74) is 0.152. The Labute approximate surface area is 69.0 Å². The molecule has 1 aromatic rings. The minimum Gasteiger partial charge on any atom is -0.248 e. The monoisotopic (exact) mass is 173 g/mol. The third-order valence-electron chi connectivity index (χ3n) is 1.53. The Morgan fingerprint density at radius 3 is 2.33 bits per heavy atom. The maximum Gasteiger partial charge on any atom is 0.163 e. The molecule has 0 saturated heterocycles. The lowest BCUT2D eigenvalue weighted by Crippen LogP contribution is -2.11. The molecule has 0 aromatic heterocycles.